The molecule has 55 valence electrons. The smallest absolute Gasteiger partial charge is 0.00218 e. The van der Waals surface area contributed by atoms with Crippen molar-refractivity contribution in [2.24, 2.45) is 0 Å². The maximum atomic E-state index is 3.79. The number of hydrogen-bond donors (Lipinski definition) is 0. The van der Waals surface area contributed by atoms with Crippen LogP contribution in [0.2, 0.25) is 0 Å². The van der Waals surface area contributed by atoms with E-state index in [0.29, 0.717) is 0 Å². The van der Waals surface area contributed by atoms with Crippen LogP contribution in [0.4, 0.5) is 0 Å². The second kappa shape index (κ2) is 6.09. The van der Waals surface area contributed by atoms with Crippen molar-refractivity contribution in [3.63, 3.8) is 0 Å². The van der Waals surface area contributed by atoms with Crippen molar-refractivity contribution >= 4 is 0 Å². The molecule has 1 heteroatoms. The van der Waals surface area contributed by atoms with Gasteiger partial charge in [-0.25, -0.2) is 0 Å². The van der Waals surface area contributed by atoms with Gasteiger partial charge in [0, 0.05) is 0 Å². The van der Waals surface area contributed by atoms with Crippen LogP contribution in [0.15, 0.2) is 0 Å². The van der Waals surface area contributed by atoms with Crippen LogP contribution in [0.1, 0.15) is 26.2 Å². The molecule has 0 saturated heterocycles. The van der Waals surface area contributed by atoms with E-state index < -0.39 is 0 Å². The second-order valence-electron chi connectivity index (χ2n) is 2.51. The molecule has 0 aromatic carbocycles. The van der Waals surface area contributed by atoms with Gasteiger partial charge in [0.25, 0.3) is 0 Å². The number of rotatable bonds is 5. The van der Waals surface area contributed by atoms with Gasteiger partial charge in [-0.2, -0.15) is 0 Å². The lowest BCUT2D eigenvalue weighted by Gasteiger charge is -2.13. The summed E-state index contributed by atoms with van der Waals surface area (Å²) in [4.78, 5) is 2.33. The first-order valence-corrected chi connectivity index (χ1v) is 3.79. The van der Waals surface area contributed by atoms with Crippen LogP contribution in [0, 0.1) is 6.92 Å². The van der Waals surface area contributed by atoms with Crippen molar-refractivity contribution in [1.82, 2.24) is 4.90 Å². The van der Waals surface area contributed by atoms with Gasteiger partial charge in [-0.15, -0.1) is 0 Å². The summed E-state index contributed by atoms with van der Waals surface area (Å²) >= 11 is 0. The molecule has 0 amide bonds. The highest BCUT2D eigenvalue weighted by molar-refractivity contribution is 4.51. The lowest BCUT2D eigenvalue weighted by atomic mass is 10.3. The Balaban J connectivity index is 2.95. The van der Waals surface area contributed by atoms with Crippen molar-refractivity contribution in [1.29, 1.82) is 0 Å². The van der Waals surface area contributed by atoms with Gasteiger partial charge in [0.2, 0.25) is 0 Å². The van der Waals surface area contributed by atoms with Crippen molar-refractivity contribution in [2.45, 2.75) is 26.2 Å². The summed E-state index contributed by atoms with van der Waals surface area (Å²) in [6.07, 6.45) is 3.64. The summed E-state index contributed by atoms with van der Waals surface area (Å²) in [5.74, 6) is 0. The van der Waals surface area contributed by atoms with E-state index in [0.717, 1.165) is 13.0 Å². The minimum Gasteiger partial charge on any atom is -0.306 e. The van der Waals surface area contributed by atoms with Gasteiger partial charge in [-0.05, 0) is 33.0 Å². The normalized spacial score (nSPS) is 10.7. The molecule has 0 bridgehead atoms. The Morgan fingerprint density at radius 2 is 2.00 bits per heavy atom. The largest absolute Gasteiger partial charge is 0.306 e. The zero-order valence-corrected chi connectivity index (χ0v) is 6.69. The molecule has 0 fully saturated rings. The van der Waals surface area contributed by atoms with E-state index >= 15 is 0 Å². The van der Waals surface area contributed by atoms with Gasteiger partial charge in [0.15, 0.2) is 0 Å². The fraction of sp³-hybridized carbons (Fsp3) is 0.875. The molecule has 0 saturated carbocycles. The minimum absolute atomic E-state index is 1.03. The molecule has 0 heterocycles. The van der Waals surface area contributed by atoms with Gasteiger partial charge >= 0.3 is 0 Å². The molecule has 0 aliphatic rings. The Hall–Kier alpha value is -0.0400. The van der Waals surface area contributed by atoms with Crippen molar-refractivity contribution in [3.05, 3.63) is 6.92 Å². The van der Waals surface area contributed by atoms with Crippen LogP contribution in [0.5, 0.6) is 0 Å². The maximum absolute atomic E-state index is 3.79. The van der Waals surface area contributed by atoms with Gasteiger partial charge in [-0.1, -0.05) is 20.3 Å². The van der Waals surface area contributed by atoms with Crippen LogP contribution in [-0.2, 0) is 0 Å². The summed E-state index contributed by atoms with van der Waals surface area (Å²) in [6.45, 7) is 8.38. The summed E-state index contributed by atoms with van der Waals surface area (Å²) in [6, 6.07) is 0. The maximum Gasteiger partial charge on any atom is -0.00218 e. The Bertz CT molecular complexity index is 52.5. The standard InChI is InChI=1S/C8H18N/c1-4-6-8-9(3)7-5-2/h2,4-8H2,1,3H3. The summed E-state index contributed by atoms with van der Waals surface area (Å²) in [5, 5.41) is 0. The molecule has 0 aromatic heterocycles. The number of unbranched alkanes of at least 4 members (excludes halogenated alkanes) is 1. The van der Waals surface area contributed by atoms with E-state index in [9.17, 15) is 0 Å². The molecule has 0 aromatic rings. The summed E-state index contributed by atoms with van der Waals surface area (Å²) in [7, 11) is 2.15. The minimum atomic E-state index is 1.03. The molecule has 1 nitrogen and oxygen atoms in total. The van der Waals surface area contributed by atoms with Crippen LogP contribution >= 0.6 is 0 Å². The highest BCUT2D eigenvalue weighted by Gasteiger charge is 1.92. The predicted octanol–water partition coefficient (Wildman–Crippen LogP) is 1.94. The monoisotopic (exact) mass is 128 g/mol. The van der Waals surface area contributed by atoms with E-state index in [1.165, 1.54) is 19.4 Å². The molecular formula is C8H18N. The van der Waals surface area contributed by atoms with Gasteiger partial charge in [0.05, 0.1) is 0 Å². The van der Waals surface area contributed by atoms with Crippen molar-refractivity contribution < 1.29 is 0 Å². The zero-order chi connectivity index (χ0) is 7.11. The van der Waals surface area contributed by atoms with Crippen LogP contribution < -0.4 is 0 Å². The Labute approximate surface area is 59.1 Å². The van der Waals surface area contributed by atoms with Crippen LogP contribution in [-0.4, -0.2) is 25.0 Å². The lowest BCUT2D eigenvalue weighted by molar-refractivity contribution is 0.334. The third-order valence-corrected chi connectivity index (χ3v) is 1.43. The molecule has 0 N–H and O–H groups in total. The van der Waals surface area contributed by atoms with Gasteiger partial charge in [0.1, 0.15) is 0 Å². The average molecular weight is 128 g/mol. The fourth-order valence-electron chi connectivity index (χ4n) is 0.810. The highest BCUT2D eigenvalue weighted by Crippen LogP contribution is 1.91. The fourth-order valence-corrected chi connectivity index (χ4v) is 0.810. The van der Waals surface area contributed by atoms with E-state index in [4.69, 9.17) is 0 Å². The zero-order valence-electron chi connectivity index (χ0n) is 6.69. The first-order chi connectivity index (χ1) is 4.31. The highest BCUT2D eigenvalue weighted by atomic mass is 15.1. The number of nitrogens with zero attached hydrogens (tertiary/aromatic N) is 1. The van der Waals surface area contributed by atoms with Gasteiger partial charge < -0.3 is 4.90 Å². The topological polar surface area (TPSA) is 3.24 Å². The van der Waals surface area contributed by atoms with E-state index in [-0.39, 0.29) is 0 Å². The number of hydrogen-bond acceptors (Lipinski definition) is 1. The lowest BCUT2D eigenvalue weighted by Crippen LogP contribution is -2.19. The van der Waals surface area contributed by atoms with Crippen molar-refractivity contribution in [2.75, 3.05) is 20.1 Å². The molecule has 0 aliphatic carbocycles. The Morgan fingerprint density at radius 3 is 2.44 bits per heavy atom. The quantitative estimate of drug-likeness (QED) is 0.547. The predicted molar refractivity (Wildman–Crippen MR) is 42.4 cm³/mol. The van der Waals surface area contributed by atoms with Crippen LogP contribution in [0.25, 0.3) is 0 Å². The second-order valence-corrected chi connectivity index (χ2v) is 2.51. The third-order valence-electron chi connectivity index (χ3n) is 1.43. The molecule has 0 rings (SSSR count). The molecule has 0 atom stereocenters. The molecule has 0 unspecified atom stereocenters. The average Bonchev–Trinajstić information content (AvgIpc) is 1.85. The SMILES string of the molecule is [CH2]CCN(C)CCCC. The first kappa shape index (κ1) is 8.96. The Kier molecular flexibility index (Phi) is 6.06. The molecule has 0 spiro atoms. The summed E-state index contributed by atoms with van der Waals surface area (Å²) < 4.78 is 0. The molecule has 0 aliphatic heterocycles. The van der Waals surface area contributed by atoms with Gasteiger partial charge in [-0.3, -0.25) is 0 Å². The van der Waals surface area contributed by atoms with Crippen LogP contribution in [0.3, 0.4) is 0 Å². The molecule has 9 heavy (non-hydrogen) atoms. The first-order valence-electron chi connectivity index (χ1n) is 3.79. The molecule has 1 radical (unpaired) electrons. The Morgan fingerprint density at radius 1 is 1.33 bits per heavy atom. The summed E-state index contributed by atoms with van der Waals surface area (Å²) in [5.41, 5.74) is 0. The van der Waals surface area contributed by atoms with E-state index in [2.05, 4.69) is 25.8 Å². The van der Waals surface area contributed by atoms with E-state index in [1.54, 1.807) is 0 Å². The third kappa shape index (κ3) is 5.84. The van der Waals surface area contributed by atoms with E-state index in [1.807, 2.05) is 0 Å². The van der Waals surface area contributed by atoms with Crippen molar-refractivity contribution in [3.8, 4) is 0 Å². The molecular weight excluding hydrogens is 110 g/mol.